The highest BCUT2D eigenvalue weighted by Crippen LogP contribution is 2.32. The van der Waals surface area contributed by atoms with Gasteiger partial charge in [0.2, 0.25) is 0 Å². The first-order chi connectivity index (χ1) is 14.8. The number of amides is 1. The van der Waals surface area contributed by atoms with E-state index in [1.54, 1.807) is 12.1 Å². The molecule has 1 aliphatic heterocycles. The van der Waals surface area contributed by atoms with Crippen molar-refractivity contribution in [1.82, 2.24) is 0 Å². The van der Waals surface area contributed by atoms with E-state index in [9.17, 15) is 17.6 Å². The highest BCUT2D eigenvalue weighted by atomic mass is 35.5. The molecule has 3 aromatic rings. The van der Waals surface area contributed by atoms with Crippen molar-refractivity contribution in [2.45, 2.75) is 17.7 Å². The van der Waals surface area contributed by atoms with E-state index in [1.807, 2.05) is 12.1 Å². The molecule has 0 unspecified atom stereocenters. The van der Waals surface area contributed by atoms with Crippen molar-refractivity contribution < 1.29 is 17.6 Å². The van der Waals surface area contributed by atoms with Gasteiger partial charge in [0.1, 0.15) is 5.82 Å². The molecule has 0 saturated heterocycles. The largest absolute Gasteiger partial charge is 0.321 e. The Kier molecular flexibility index (Phi) is 5.92. The Bertz CT molecular complexity index is 1280. The third kappa shape index (κ3) is 4.26. The van der Waals surface area contributed by atoms with E-state index in [4.69, 9.17) is 23.2 Å². The summed E-state index contributed by atoms with van der Waals surface area (Å²) in [4.78, 5) is 12.5. The number of hydrogen-bond donors (Lipinski definition) is 1. The quantitative estimate of drug-likeness (QED) is 0.536. The molecule has 0 aliphatic carbocycles. The number of fused-ring (bicyclic) bond motifs is 1. The second-order valence-electron chi connectivity index (χ2n) is 7.03. The van der Waals surface area contributed by atoms with Crippen molar-refractivity contribution in [3.63, 3.8) is 0 Å². The van der Waals surface area contributed by atoms with Crippen molar-refractivity contribution in [1.29, 1.82) is 0 Å². The highest BCUT2D eigenvalue weighted by molar-refractivity contribution is 7.92. The zero-order valence-electron chi connectivity index (χ0n) is 16.1. The predicted molar refractivity (Wildman–Crippen MR) is 120 cm³/mol. The van der Waals surface area contributed by atoms with Crippen LogP contribution in [0.15, 0.2) is 65.6 Å². The Morgan fingerprint density at radius 2 is 1.81 bits per heavy atom. The second kappa shape index (κ2) is 8.49. The van der Waals surface area contributed by atoms with Crippen LogP contribution in [-0.4, -0.2) is 20.9 Å². The van der Waals surface area contributed by atoms with E-state index < -0.39 is 27.3 Å². The number of halogens is 3. The smallest absolute Gasteiger partial charge is 0.264 e. The normalized spacial score (nSPS) is 13.6. The highest BCUT2D eigenvalue weighted by Gasteiger charge is 2.30. The van der Waals surface area contributed by atoms with Gasteiger partial charge in [-0.15, -0.1) is 0 Å². The van der Waals surface area contributed by atoms with Crippen molar-refractivity contribution in [3.05, 3.63) is 87.7 Å². The number of anilines is 2. The Morgan fingerprint density at radius 3 is 2.58 bits per heavy atom. The molecule has 0 fully saturated rings. The number of aryl methyl sites for hydroxylation is 1. The first kappa shape index (κ1) is 21.6. The van der Waals surface area contributed by atoms with Crippen LogP contribution in [0.2, 0.25) is 10.0 Å². The summed E-state index contributed by atoms with van der Waals surface area (Å²) in [6.45, 7) is 0.304. The molecule has 1 aliphatic rings. The summed E-state index contributed by atoms with van der Waals surface area (Å²) in [5.41, 5.74) is 1.35. The number of sulfonamides is 1. The van der Waals surface area contributed by atoms with Crippen molar-refractivity contribution >= 4 is 50.5 Å². The molecule has 31 heavy (non-hydrogen) atoms. The van der Waals surface area contributed by atoms with Crippen LogP contribution in [0.1, 0.15) is 22.3 Å². The molecule has 0 spiro atoms. The lowest BCUT2D eigenvalue weighted by atomic mass is 10.0. The Morgan fingerprint density at radius 1 is 1.03 bits per heavy atom. The molecule has 0 radical (unpaired) electrons. The Hall–Kier alpha value is -2.61. The van der Waals surface area contributed by atoms with Gasteiger partial charge in [0.05, 0.1) is 26.9 Å². The van der Waals surface area contributed by atoms with Gasteiger partial charge in [0, 0.05) is 11.6 Å². The number of carbonyl (C=O) groups excluding carboxylic acids is 1. The van der Waals surface area contributed by atoms with E-state index in [2.05, 4.69) is 5.32 Å². The van der Waals surface area contributed by atoms with Gasteiger partial charge in [0.15, 0.2) is 0 Å². The van der Waals surface area contributed by atoms with Gasteiger partial charge in [-0.1, -0.05) is 41.4 Å². The van der Waals surface area contributed by atoms with Crippen LogP contribution in [0.3, 0.4) is 0 Å². The minimum absolute atomic E-state index is 0.169. The monoisotopic (exact) mass is 478 g/mol. The summed E-state index contributed by atoms with van der Waals surface area (Å²) in [5, 5.41) is 3.05. The number of nitrogens with zero attached hydrogens (tertiary/aromatic N) is 1. The molecule has 0 bridgehead atoms. The third-order valence-electron chi connectivity index (χ3n) is 5.02. The number of benzene rings is 3. The van der Waals surface area contributed by atoms with Gasteiger partial charge in [-0.2, -0.15) is 0 Å². The lowest BCUT2D eigenvalue weighted by Gasteiger charge is -2.30. The Balaban J connectivity index is 1.68. The van der Waals surface area contributed by atoms with Crippen LogP contribution in [0.4, 0.5) is 15.8 Å². The average molecular weight is 479 g/mol. The van der Waals surface area contributed by atoms with Crippen molar-refractivity contribution in [2.24, 2.45) is 0 Å². The van der Waals surface area contributed by atoms with Gasteiger partial charge < -0.3 is 5.32 Å². The van der Waals surface area contributed by atoms with E-state index in [1.165, 1.54) is 22.5 Å². The minimum Gasteiger partial charge on any atom is -0.321 e. The maximum atomic E-state index is 14.4. The van der Waals surface area contributed by atoms with Crippen LogP contribution >= 0.6 is 23.2 Å². The molecule has 5 nitrogen and oxygen atoms in total. The van der Waals surface area contributed by atoms with Crippen LogP contribution in [-0.2, 0) is 16.4 Å². The maximum Gasteiger partial charge on any atom is 0.264 e. The summed E-state index contributed by atoms with van der Waals surface area (Å²) in [7, 11) is -3.99. The van der Waals surface area contributed by atoms with Gasteiger partial charge in [-0.25, -0.2) is 12.8 Å². The summed E-state index contributed by atoms with van der Waals surface area (Å²) in [5.74, 6) is -1.67. The van der Waals surface area contributed by atoms with E-state index in [-0.39, 0.29) is 15.6 Å². The first-order valence-electron chi connectivity index (χ1n) is 9.44. The Labute approximate surface area is 189 Å². The van der Waals surface area contributed by atoms with Crippen LogP contribution in [0.25, 0.3) is 0 Å². The molecule has 160 valence electrons. The topological polar surface area (TPSA) is 66.5 Å². The SMILES string of the molecule is O=C(Nc1ccc(Cl)cc1Cl)c1cc(S(=O)(=O)N2CCCc3ccccc32)ccc1F. The van der Waals surface area contributed by atoms with Crippen molar-refractivity contribution in [2.75, 3.05) is 16.2 Å². The molecule has 1 heterocycles. The number of para-hydroxylation sites is 1. The third-order valence-corrected chi connectivity index (χ3v) is 7.37. The van der Waals surface area contributed by atoms with Gasteiger partial charge in [0.25, 0.3) is 15.9 Å². The predicted octanol–water partition coefficient (Wildman–Crippen LogP) is 5.53. The summed E-state index contributed by atoms with van der Waals surface area (Å²) >= 11 is 11.9. The van der Waals surface area contributed by atoms with E-state index in [0.717, 1.165) is 30.2 Å². The lowest BCUT2D eigenvalue weighted by Crippen LogP contribution is -2.35. The minimum atomic E-state index is -3.99. The van der Waals surface area contributed by atoms with Gasteiger partial charge >= 0.3 is 0 Å². The number of rotatable bonds is 4. The fourth-order valence-corrected chi connectivity index (χ4v) is 5.52. The molecule has 0 saturated carbocycles. The molecule has 9 heteroatoms. The number of carbonyl (C=O) groups is 1. The molecule has 0 atom stereocenters. The average Bonchev–Trinajstić information content (AvgIpc) is 2.75. The maximum absolute atomic E-state index is 14.4. The van der Waals surface area contributed by atoms with Crippen LogP contribution in [0, 0.1) is 5.82 Å². The zero-order valence-corrected chi connectivity index (χ0v) is 18.4. The van der Waals surface area contributed by atoms with Crippen LogP contribution in [0.5, 0.6) is 0 Å². The molecule has 1 N–H and O–H groups in total. The number of nitrogens with one attached hydrogen (secondary N) is 1. The molecular formula is C22H17Cl2FN2O3S. The zero-order chi connectivity index (χ0) is 22.2. The number of hydrogen-bond acceptors (Lipinski definition) is 3. The lowest BCUT2D eigenvalue weighted by molar-refractivity contribution is 0.102. The molecular weight excluding hydrogens is 462 g/mol. The van der Waals surface area contributed by atoms with Gasteiger partial charge in [-0.05, 0) is 60.9 Å². The fourth-order valence-electron chi connectivity index (χ4n) is 3.50. The summed E-state index contributed by atoms with van der Waals surface area (Å²) < 4.78 is 42.4. The molecule has 4 rings (SSSR count). The standard InChI is InChI=1S/C22H17Cl2FN2O3S/c23-15-7-10-20(18(24)12-15)26-22(28)17-13-16(8-9-19(17)25)31(29,30)27-11-3-5-14-4-1-2-6-21(14)27/h1-2,4,6-10,12-13H,3,5,11H2,(H,26,28). The first-order valence-corrected chi connectivity index (χ1v) is 11.6. The van der Waals surface area contributed by atoms with Gasteiger partial charge in [-0.3, -0.25) is 9.10 Å². The van der Waals surface area contributed by atoms with E-state index >= 15 is 0 Å². The summed E-state index contributed by atoms with van der Waals surface area (Å²) in [6.07, 6.45) is 1.45. The molecule has 1 amide bonds. The molecule has 0 aromatic heterocycles. The van der Waals surface area contributed by atoms with Crippen molar-refractivity contribution in [3.8, 4) is 0 Å². The molecule has 3 aromatic carbocycles. The van der Waals surface area contributed by atoms with Crippen LogP contribution < -0.4 is 9.62 Å². The van der Waals surface area contributed by atoms with E-state index in [0.29, 0.717) is 23.7 Å². The summed E-state index contributed by atoms with van der Waals surface area (Å²) in [6, 6.07) is 14.9. The fraction of sp³-hybridized carbons (Fsp3) is 0.136. The second-order valence-corrected chi connectivity index (χ2v) is 9.74.